The van der Waals surface area contributed by atoms with Gasteiger partial charge in [-0.3, -0.25) is 14.9 Å². The first kappa shape index (κ1) is 19.8. The number of nitro benzene ring substituents is 1. The number of nitrogens with two attached hydrogens (primary N) is 1. The lowest BCUT2D eigenvalue weighted by Crippen LogP contribution is -2.52. The monoisotopic (exact) mass is 395 g/mol. The Balaban J connectivity index is 1.92. The van der Waals surface area contributed by atoms with Crippen molar-refractivity contribution in [3.05, 3.63) is 34.4 Å². The Morgan fingerprint density at radius 3 is 2.48 bits per heavy atom. The molecule has 1 aliphatic carbocycles. The van der Waals surface area contributed by atoms with Crippen LogP contribution in [0.1, 0.15) is 44.9 Å². The fraction of sp³-hybridized carbons (Fsp3) is 0.611. The van der Waals surface area contributed by atoms with Gasteiger partial charge >= 0.3 is 0 Å². The fourth-order valence-electron chi connectivity index (χ4n) is 4.62. The lowest BCUT2D eigenvalue weighted by molar-refractivity contribution is -0.387. The zero-order valence-corrected chi connectivity index (χ0v) is 16.0. The van der Waals surface area contributed by atoms with E-state index in [-0.39, 0.29) is 23.3 Å². The van der Waals surface area contributed by atoms with E-state index in [2.05, 4.69) is 0 Å². The van der Waals surface area contributed by atoms with E-state index in [9.17, 15) is 23.3 Å². The van der Waals surface area contributed by atoms with Gasteiger partial charge in [-0.25, -0.2) is 8.42 Å². The van der Waals surface area contributed by atoms with Crippen molar-refractivity contribution in [3.63, 3.8) is 0 Å². The summed E-state index contributed by atoms with van der Waals surface area (Å²) in [6, 6.07) is 5.38. The molecule has 9 heteroatoms. The van der Waals surface area contributed by atoms with Gasteiger partial charge in [-0.1, -0.05) is 31.4 Å². The molecule has 3 rings (SSSR count). The van der Waals surface area contributed by atoms with E-state index >= 15 is 0 Å². The van der Waals surface area contributed by atoms with Gasteiger partial charge in [-0.15, -0.1) is 0 Å². The summed E-state index contributed by atoms with van der Waals surface area (Å²) in [7, 11) is -4.02. The Labute approximate surface area is 158 Å². The molecule has 2 N–H and O–H groups in total. The first-order valence-electron chi connectivity index (χ1n) is 9.32. The van der Waals surface area contributed by atoms with Crippen molar-refractivity contribution in [3.8, 4) is 0 Å². The molecule has 1 amide bonds. The molecule has 1 atom stereocenters. The Kier molecular flexibility index (Phi) is 5.53. The summed E-state index contributed by atoms with van der Waals surface area (Å²) >= 11 is 0. The smallest absolute Gasteiger partial charge is 0.289 e. The van der Waals surface area contributed by atoms with Gasteiger partial charge in [0, 0.05) is 19.2 Å². The molecule has 1 aliphatic heterocycles. The van der Waals surface area contributed by atoms with Crippen molar-refractivity contribution in [2.75, 3.05) is 13.1 Å². The van der Waals surface area contributed by atoms with Crippen LogP contribution in [0.4, 0.5) is 5.69 Å². The van der Waals surface area contributed by atoms with Crippen LogP contribution in [0.3, 0.4) is 0 Å². The topological polar surface area (TPSA) is 124 Å². The summed E-state index contributed by atoms with van der Waals surface area (Å²) < 4.78 is 27.5. The van der Waals surface area contributed by atoms with Crippen molar-refractivity contribution in [1.29, 1.82) is 0 Å². The molecule has 8 nitrogen and oxygen atoms in total. The molecule has 2 aliphatic rings. The number of nitrogens with zero attached hydrogens (tertiary/aromatic N) is 2. The van der Waals surface area contributed by atoms with Gasteiger partial charge < -0.3 is 5.73 Å². The number of benzene rings is 1. The SMILES string of the molecule is NC(=O)C1([C@H]2CCCN(S(=O)(=O)c3ccccc3[N+](=O)[O-])C2)CCCCC1. The zero-order valence-electron chi connectivity index (χ0n) is 15.2. The van der Waals surface area contributed by atoms with Crippen molar-refractivity contribution in [1.82, 2.24) is 4.31 Å². The van der Waals surface area contributed by atoms with Crippen molar-refractivity contribution in [2.24, 2.45) is 17.1 Å². The lowest BCUT2D eigenvalue weighted by atomic mass is 9.63. The molecular weight excluding hydrogens is 370 g/mol. The molecule has 148 valence electrons. The summed E-state index contributed by atoms with van der Waals surface area (Å²) in [5.74, 6) is -0.501. The minimum atomic E-state index is -4.02. The van der Waals surface area contributed by atoms with Crippen molar-refractivity contribution in [2.45, 2.75) is 49.8 Å². The van der Waals surface area contributed by atoms with E-state index in [4.69, 9.17) is 5.73 Å². The highest BCUT2D eigenvalue weighted by Crippen LogP contribution is 2.46. The minimum absolute atomic E-state index is 0.151. The molecule has 1 heterocycles. The number of carbonyl (C=O) groups excluding carboxylic acids is 1. The molecule has 0 aromatic heterocycles. The number of carbonyl (C=O) groups is 1. The van der Waals surface area contributed by atoms with Crippen LogP contribution in [0.15, 0.2) is 29.2 Å². The van der Waals surface area contributed by atoms with Gasteiger partial charge in [0.15, 0.2) is 4.90 Å². The molecule has 0 unspecified atom stereocenters. The van der Waals surface area contributed by atoms with Gasteiger partial charge in [0.25, 0.3) is 5.69 Å². The summed E-state index contributed by atoms with van der Waals surface area (Å²) in [6.07, 6.45) is 5.61. The van der Waals surface area contributed by atoms with Crippen LogP contribution >= 0.6 is 0 Å². The summed E-state index contributed by atoms with van der Waals surface area (Å²) in [4.78, 5) is 22.6. The summed E-state index contributed by atoms with van der Waals surface area (Å²) in [5, 5.41) is 11.3. The minimum Gasteiger partial charge on any atom is -0.369 e. The molecule has 1 aromatic rings. The molecule has 2 fully saturated rings. The lowest BCUT2D eigenvalue weighted by Gasteiger charge is -2.45. The second-order valence-corrected chi connectivity index (χ2v) is 9.41. The van der Waals surface area contributed by atoms with E-state index < -0.39 is 26.0 Å². The highest BCUT2D eigenvalue weighted by atomic mass is 32.2. The fourth-order valence-corrected chi connectivity index (χ4v) is 6.30. The normalized spacial score (nSPS) is 23.6. The number of nitro groups is 1. The third-order valence-corrected chi connectivity index (χ3v) is 7.99. The largest absolute Gasteiger partial charge is 0.369 e. The number of hydrogen-bond acceptors (Lipinski definition) is 5. The average molecular weight is 395 g/mol. The second kappa shape index (κ2) is 7.55. The highest BCUT2D eigenvalue weighted by Gasteiger charge is 2.48. The van der Waals surface area contributed by atoms with E-state index in [1.54, 1.807) is 0 Å². The van der Waals surface area contributed by atoms with Crippen LogP contribution in [0.2, 0.25) is 0 Å². The van der Waals surface area contributed by atoms with Crippen LogP contribution < -0.4 is 5.73 Å². The number of rotatable bonds is 5. The van der Waals surface area contributed by atoms with Gasteiger partial charge in [-0.05, 0) is 37.7 Å². The van der Waals surface area contributed by atoms with E-state index in [0.29, 0.717) is 25.8 Å². The summed E-state index contributed by atoms with van der Waals surface area (Å²) in [6.45, 7) is 0.469. The number of primary amides is 1. The Hall–Kier alpha value is -2.00. The van der Waals surface area contributed by atoms with Gasteiger partial charge in [0.2, 0.25) is 15.9 Å². The maximum Gasteiger partial charge on any atom is 0.289 e. The molecule has 0 radical (unpaired) electrons. The average Bonchev–Trinajstić information content (AvgIpc) is 2.68. The number of hydrogen-bond donors (Lipinski definition) is 1. The molecule has 27 heavy (non-hydrogen) atoms. The molecule has 1 saturated heterocycles. The molecule has 0 spiro atoms. The van der Waals surface area contributed by atoms with Gasteiger partial charge in [-0.2, -0.15) is 4.31 Å². The zero-order chi connectivity index (χ0) is 19.7. The van der Waals surface area contributed by atoms with E-state index in [0.717, 1.165) is 25.7 Å². The maximum atomic E-state index is 13.1. The van der Waals surface area contributed by atoms with Crippen LogP contribution in [-0.2, 0) is 14.8 Å². The molecule has 1 aromatic carbocycles. The number of sulfonamides is 1. The third-order valence-electron chi connectivity index (χ3n) is 6.08. The quantitative estimate of drug-likeness (QED) is 0.606. The van der Waals surface area contributed by atoms with Crippen LogP contribution in [-0.4, -0.2) is 36.6 Å². The van der Waals surface area contributed by atoms with Gasteiger partial charge in [0.1, 0.15) is 0 Å². The summed E-state index contributed by atoms with van der Waals surface area (Å²) in [5.41, 5.74) is 4.67. The predicted molar refractivity (Wildman–Crippen MR) is 99.3 cm³/mol. The van der Waals surface area contributed by atoms with E-state index in [1.807, 2.05) is 0 Å². The Morgan fingerprint density at radius 1 is 1.19 bits per heavy atom. The van der Waals surface area contributed by atoms with Crippen LogP contribution in [0.5, 0.6) is 0 Å². The van der Waals surface area contributed by atoms with Gasteiger partial charge in [0.05, 0.1) is 10.3 Å². The van der Waals surface area contributed by atoms with Crippen molar-refractivity contribution < 1.29 is 18.1 Å². The van der Waals surface area contributed by atoms with Crippen LogP contribution in [0, 0.1) is 21.4 Å². The number of piperidine rings is 1. The number of amides is 1. The standard InChI is InChI=1S/C18H25N3O5S/c19-17(22)18(10-4-1-5-11-18)14-7-6-12-20(13-14)27(25,26)16-9-3-2-8-15(16)21(23)24/h2-3,8-9,14H,1,4-7,10-13H2,(H2,19,22)/t14-/m0/s1. The Bertz CT molecular complexity index is 833. The molecule has 0 bridgehead atoms. The molecule has 1 saturated carbocycles. The third kappa shape index (κ3) is 3.58. The highest BCUT2D eigenvalue weighted by molar-refractivity contribution is 7.89. The molecular formula is C18H25N3O5S. The van der Waals surface area contributed by atoms with Crippen molar-refractivity contribution >= 4 is 21.6 Å². The Morgan fingerprint density at radius 2 is 1.85 bits per heavy atom. The first-order chi connectivity index (χ1) is 12.8. The van der Waals surface area contributed by atoms with E-state index in [1.165, 1.54) is 28.6 Å². The maximum absolute atomic E-state index is 13.1. The van der Waals surface area contributed by atoms with Crippen LogP contribution in [0.25, 0.3) is 0 Å². The number of para-hydroxylation sites is 1. The predicted octanol–water partition coefficient (Wildman–Crippen LogP) is 2.43. The second-order valence-electron chi connectivity index (χ2n) is 7.51. The first-order valence-corrected chi connectivity index (χ1v) is 10.8.